The minimum Gasteiger partial charge on any atom is -0.463 e. The Bertz CT molecular complexity index is 1270. The Balaban J connectivity index is 0.813. The van der Waals surface area contributed by atoms with Crippen LogP contribution in [0.1, 0.15) is 206 Å². The van der Waals surface area contributed by atoms with Crippen molar-refractivity contribution in [2.45, 2.75) is 225 Å². The van der Waals surface area contributed by atoms with Gasteiger partial charge in [-0.05, 0) is 132 Å². The number of esters is 3. The van der Waals surface area contributed by atoms with Crippen LogP contribution in [0, 0.1) is 53.3 Å². The van der Waals surface area contributed by atoms with Crippen molar-refractivity contribution in [3.05, 3.63) is 0 Å². The van der Waals surface area contributed by atoms with Gasteiger partial charge in [-0.1, -0.05) is 129 Å². The largest absolute Gasteiger partial charge is 0.463 e. The summed E-state index contributed by atoms with van der Waals surface area (Å²) in [5.74, 6) is 7.28. The monoisotopic (exact) mass is 840 g/mol. The lowest BCUT2D eigenvalue weighted by Gasteiger charge is -2.28. The number of rotatable bonds is 33. The van der Waals surface area contributed by atoms with E-state index in [1.165, 1.54) is 128 Å². The smallest absolute Gasteiger partial charge is 0.309 e. The molecule has 2 heterocycles. The third-order valence-electron chi connectivity index (χ3n) is 16.0. The SMILES string of the molecule is CCCCCC1CC1CC1CC1CCCCCCCC(=O)O[C@@H]1[C@@H](OC(=O)CCCCCCCC2CC2CC2CC2CCCCC)CO[C@@H]1COC(=O)C1CCN(C)CC1. The summed E-state index contributed by atoms with van der Waals surface area (Å²) in [5, 5.41) is 0. The lowest BCUT2D eigenvalue weighted by atomic mass is 9.97. The van der Waals surface area contributed by atoms with Crippen LogP contribution in [0.15, 0.2) is 0 Å². The number of likely N-dealkylation sites (tertiary alicyclic amines) is 1. The summed E-state index contributed by atoms with van der Waals surface area (Å²) < 4.78 is 23.6. The highest BCUT2D eigenvalue weighted by molar-refractivity contribution is 5.73. The van der Waals surface area contributed by atoms with Crippen molar-refractivity contribution >= 4 is 17.9 Å². The van der Waals surface area contributed by atoms with Crippen molar-refractivity contribution in [2.24, 2.45) is 53.3 Å². The van der Waals surface area contributed by atoms with Gasteiger partial charge in [0.05, 0.1) is 12.5 Å². The molecule has 344 valence electrons. The Kier molecular flexibility index (Phi) is 20.4. The maximum absolute atomic E-state index is 13.1. The van der Waals surface area contributed by atoms with Crippen LogP contribution in [0.5, 0.6) is 0 Å². The predicted octanol–water partition coefficient (Wildman–Crippen LogP) is 12.0. The molecule has 8 unspecified atom stereocenters. The highest BCUT2D eigenvalue weighted by Crippen LogP contribution is 2.55. The summed E-state index contributed by atoms with van der Waals surface area (Å²) in [6, 6.07) is 0. The average Bonchev–Trinajstić information content (AvgIpc) is 4.12. The summed E-state index contributed by atoms with van der Waals surface area (Å²) in [6.07, 6.45) is 34.2. The molecular weight excluding hydrogens is 751 g/mol. The molecule has 11 atom stereocenters. The van der Waals surface area contributed by atoms with Crippen LogP contribution in [0.3, 0.4) is 0 Å². The van der Waals surface area contributed by atoms with Crippen LogP contribution in [-0.4, -0.2) is 74.5 Å². The Labute approximate surface area is 366 Å². The number of unbranched alkanes of at least 4 members (excludes halogenated alkanes) is 12. The van der Waals surface area contributed by atoms with Gasteiger partial charge in [0.15, 0.2) is 12.2 Å². The topological polar surface area (TPSA) is 91.4 Å². The summed E-state index contributed by atoms with van der Waals surface area (Å²) in [5.41, 5.74) is 0. The molecular formula is C52H89NO7. The molecule has 2 aliphatic heterocycles. The highest BCUT2D eigenvalue weighted by Gasteiger charge is 2.46. The number of carbonyl (C=O) groups excluding carboxylic acids is 3. The van der Waals surface area contributed by atoms with E-state index >= 15 is 0 Å². The fourth-order valence-electron chi connectivity index (χ4n) is 11.3. The Hall–Kier alpha value is -1.67. The number of ether oxygens (including phenoxy) is 4. The molecule has 4 saturated carbocycles. The molecule has 0 bridgehead atoms. The zero-order valence-electron chi connectivity index (χ0n) is 38.8. The van der Waals surface area contributed by atoms with Gasteiger partial charge in [0, 0.05) is 12.8 Å². The summed E-state index contributed by atoms with van der Waals surface area (Å²) >= 11 is 0. The van der Waals surface area contributed by atoms with Crippen LogP contribution < -0.4 is 0 Å². The standard InChI is InChI=1S/C52H89NO7/c1-4-6-14-20-39-30-43(39)34-45-32-41(45)22-16-10-8-12-18-24-49(54)59-48-37-57-47(36-58-52(56)38-26-28-53(3)29-27-38)51(48)60-50(55)25-19-13-9-11-17-23-42-33-46(42)35-44-31-40(44)21-15-7-5-2/h38-48,51H,4-37H2,1-3H3/t39?,40?,41?,42?,43?,44?,45?,46?,47-,48+,51+/m1/s1. The second kappa shape index (κ2) is 25.6. The first-order valence-electron chi connectivity index (χ1n) is 26.2. The quantitative estimate of drug-likeness (QED) is 0.0367. The zero-order valence-corrected chi connectivity index (χ0v) is 38.8. The van der Waals surface area contributed by atoms with Crippen LogP contribution in [0.2, 0.25) is 0 Å². The van der Waals surface area contributed by atoms with Gasteiger partial charge >= 0.3 is 17.9 Å². The van der Waals surface area contributed by atoms with Crippen LogP contribution in [0.25, 0.3) is 0 Å². The molecule has 6 fully saturated rings. The van der Waals surface area contributed by atoms with E-state index in [-0.39, 0.29) is 37.0 Å². The van der Waals surface area contributed by atoms with Crippen molar-refractivity contribution in [3.63, 3.8) is 0 Å². The summed E-state index contributed by atoms with van der Waals surface area (Å²) in [4.78, 5) is 41.3. The van der Waals surface area contributed by atoms with Gasteiger partial charge in [-0.3, -0.25) is 14.4 Å². The number of hydrogen-bond donors (Lipinski definition) is 0. The van der Waals surface area contributed by atoms with Crippen LogP contribution in [0.4, 0.5) is 0 Å². The molecule has 0 spiro atoms. The van der Waals surface area contributed by atoms with Crippen molar-refractivity contribution < 1.29 is 33.3 Å². The second-order valence-electron chi connectivity index (χ2n) is 21.2. The van der Waals surface area contributed by atoms with E-state index < -0.39 is 18.3 Å². The zero-order chi connectivity index (χ0) is 42.1. The van der Waals surface area contributed by atoms with Crippen LogP contribution in [-0.2, 0) is 33.3 Å². The maximum Gasteiger partial charge on any atom is 0.309 e. The minimum atomic E-state index is -0.765. The van der Waals surface area contributed by atoms with E-state index in [4.69, 9.17) is 18.9 Å². The first-order chi connectivity index (χ1) is 29.3. The van der Waals surface area contributed by atoms with Gasteiger partial charge in [0.25, 0.3) is 0 Å². The molecule has 0 amide bonds. The molecule has 0 aromatic carbocycles. The summed E-state index contributed by atoms with van der Waals surface area (Å²) in [6.45, 7) is 6.49. The highest BCUT2D eigenvalue weighted by atomic mass is 16.6. The van der Waals surface area contributed by atoms with Crippen LogP contribution >= 0.6 is 0 Å². The van der Waals surface area contributed by atoms with E-state index in [0.29, 0.717) is 12.8 Å². The maximum atomic E-state index is 13.1. The van der Waals surface area contributed by atoms with Crippen molar-refractivity contribution in [1.82, 2.24) is 4.90 Å². The van der Waals surface area contributed by atoms with Crippen molar-refractivity contribution in [3.8, 4) is 0 Å². The van der Waals surface area contributed by atoms with E-state index in [2.05, 4.69) is 25.8 Å². The van der Waals surface area contributed by atoms with E-state index in [9.17, 15) is 14.4 Å². The lowest BCUT2D eigenvalue weighted by molar-refractivity contribution is -0.169. The fraction of sp³-hybridized carbons (Fsp3) is 0.942. The average molecular weight is 840 g/mol. The number of nitrogens with zero attached hydrogens (tertiary/aromatic N) is 1. The van der Waals surface area contributed by atoms with E-state index in [1.807, 2.05) is 0 Å². The lowest BCUT2D eigenvalue weighted by Crippen LogP contribution is -2.41. The molecule has 8 heteroatoms. The molecule has 6 rings (SSSR count). The molecule has 4 aliphatic carbocycles. The molecule has 8 nitrogen and oxygen atoms in total. The third kappa shape index (κ3) is 17.1. The normalized spacial score (nSPS) is 32.1. The molecule has 0 N–H and O–H groups in total. The molecule has 2 saturated heterocycles. The number of carbonyl (C=O) groups is 3. The molecule has 6 aliphatic rings. The summed E-state index contributed by atoms with van der Waals surface area (Å²) in [7, 11) is 2.07. The van der Waals surface area contributed by atoms with Crippen molar-refractivity contribution in [1.29, 1.82) is 0 Å². The molecule has 0 aromatic rings. The molecule has 0 radical (unpaired) electrons. The van der Waals surface area contributed by atoms with E-state index in [0.717, 1.165) is 112 Å². The van der Waals surface area contributed by atoms with Gasteiger partial charge in [0.1, 0.15) is 12.7 Å². The van der Waals surface area contributed by atoms with Gasteiger partial charge in [-0.15, -0.1) is 0 Å². The first-order valence-corrected chi connectivity index (χ1v) is 26.2. The number of hydrogen-bond acceptors (Lipinski definition) is 8. The van der Waals surface area contributed by atoms with Gasteiger partial charge in [-0.25, -0.2) is 0 Å². The van der Waals surface area contributed by atoms with E-state index in [1.54, 1.807) is 0 Å². The van der Waals surface area contributed by atoms with Crippen molar-refractivity contribution in [2.75, 3.05) is 33.4 Å². The molecule has 0 aromatic heterocycles. The van der Waals surface area contributed by atoms with Gasteiger partial charge < -0.3 is 23.8 Å². The fourth-order valence-corrected chi connectivity index (χ4v) is 11.3. The predicted molar refractivity (Wildman–Crippen MR) is 239 cm³/mol. The number of piperidine rings is 1. The van der Waals surface area contributed by atoms with Gasteiger partial charge in [-0.2, -0.15) is 0 Å². The Morgan fingerprint density at radius 2 is 0.983 bits per heavy atom. The third-order valence-corrected chi connectivity index (χ3v) is 16.0. The minimum absolute atomic E-state index is 0.000960. The molecule has 60 heavy (non-hydrogen) atoms. The first kappa shape index (κ1) is 47.8. The Morgan fingerprint density at radius 3 is 1.47 bits per heavy atom. The second-order valence-corrected chi connectivity index (χ2v) is 21.2. The van der Waals surface area contributed by atoms with Gasteiger partial charge in [0.2, 0.25) is 0 Å². The Morgan fingerprint density at radius 1 is 0.550 bits per heavy atom.